The lowest BCUT2D eigenvalue weighted by Gasteiger charge is -2.36. The molecule has 0 spiro atoms. The number of hydrogen-bond donors (Lipinski definition) is 3. The highest BCUT2D eigenvalue weighted by Crippen LogP contribution is 2.37. The van der Waals surface area contributed by atoms with Crippen molar-refractivity contribution in [2.75, 3.05) is 49.5 Å². The molecule has 2 fully saturated rings. The molecule has 0 bridgehead atoms. The number of aromatic hydroxyl groups is 1. The Kier molecular flexibility index (Phi) is 7.55. The first-order valence-corrected chi connectivity index (χ1v) is 11.9. The van der Waals surface area contributed by atoms with Gasteiger partial charge in [-0.05, 0) is 60.7 Å². The van der Waals surface area contributed by atoms with E-state index in [2.05, 4.69) is 15.1 Å². The number of aliphatic hydroxyl groups excluding tert-OH is 1. The zero-order valence-electron chi connectivity index (χ0n) is 18.4. The second-order valence-corrected chi connectivity index (χ2v) is 9.19. The molecule has 1 amide bonds. The monoisotopic (exact) mass is 457 g/mol. The van der Waals surface area contributed by atoms with Crippen LogP contribution in [0.15, 0.2) is 36.4 Å². The fourth-order valence-corrected chi connectivity index (χ4v) is 5.13. The van der Waals surface area contributed by atoms with Crippen molar-refractivity contribution < 1.29 is 15.0 Å². The van der Waals surface area contributed by atoms with Crippen molar-refractivity contribution in [3.05, 3.63) is 52.5 Å². The molecule has 0 radical (unpaired) electrons. The topological polar surface area (TPSA) is 76.0 Å². The minimum atomic E-state index is -0.205. The molecule has 32 heavy (non-hydrogen) atoms. The van der Waals surface area contributed by atoms with E-state index in [4.69, 9.17) is 16.7 Å². The lowest BCUT2D eigenvalue weighted by molar-refractivity contribution is 0.102. The largest absolute Gasteiger partial charge is 0.508 e. The molecule has 0 unspecified atom stereocenters. The molecule has 1 saturated heterocycles. The van der Waals surface area contributed by atoms with Crippen LogP contribution < -0.4 is 10.2 Å². The average molecular weight is 458 g/mol. The number of benzene rings is 2. The standard InChI is InChI=1S/C25H32ClN3O3/c26-22-17-20(7-8-23(22)29-12-10-28(11-13-29)14-15-30)27-25(32)19-6-9-24(31)21(16-19)18-4-2-1-3-5-18/h6-9,16-18,30-31H,1-5,10-15H2,(H,27,32). The Morgan fingerprint density at radius 1 is 1.03 bits per heavy atom. The summed E-state index contributed by atoms with van der Waals surface area (Å²) in [5.74, 6) is 0.395. The molecule has 3 N–H and O–H groups in total. The summed E-state index contributed by atoms with van der Waals surface area (Å²) in [6.07, 6.45) is 5.70. The van der Waals surface area contributed by atoms with Crippen LogP contribution in [0.2, 0.25) is 5.02 Å². The van der Waals surface area contributed by atoms with Gasteiger partial charge in [0.2, 0.25) is 0 Å². The van der Waals surface area contributed by atoms with Gasteiger partial charge < -0.3 is 20.4 Å². The molecular formula is C25H32ClN3O3. The van der Waals surface area contributed by atoms with Crippen molar-refractivity contribution in [3.63, 3.8) is 0 Å². The molecule has 2 aromatic carbocycles. The van der Waals surface area contributed by atoms with Crippen LogP contribution in [0.25, 0.3) is 0 Å². The molecule has 7 heteroatoms. The van der Waals surface area contributed by atoms with Crippen LogP contribution in [-0.4, -0.2) is 60.4 Å². The maximum absolute atomic E-state index is 12.9. The number of rotatable bonds is 6. The van der Waals surface area contributed by atoms with E-state index in [1.807, 2.05) is 18.2 Å². The van der Waals surface area contributed by atoms with Crippen LogP contribution >= 0.6 is 11.6 Å². The summed E-state index contributed by atoms with van der Waals surface area (Å²) in [5.41, 5.74) is 3.03. The second-order valence-electron chi connectivity index (χ2n) is 8.78. The van der Waals surface area contributed by atoms with Crippen molar-refractivity contribution >= 4 is 28.9 Å². The highest BCUT2D eigenvalue weighted by molar-refractivity contribution is 6.33. The van der Waals surface area contributed by atoms with Gasteiger partial charge in [-0.3, -0.25) is 9.69 Å². The van der Waals surface area contributed by atoms with Gasteiger partial charge in [0.1, 0.15) is 5.75 Å². The molecule has 2 aromatic rings. The summed E-state index contributed by atoms with van der Waals surface area (Å²) in [7, 11) is 0. The van der Waals surface area contributed by atoms with Gasteiger partial charge in [0.15, 0.2) is 0 Å². The third-order valence-electron chi connectivity index (χ3n) is 6.67. The summed E-state index contributed by atoms with van der Waals surface area (Å²) in [4.78, 5) is 17.4. The molecule has 1 aliphatic heterocycles. The maximum Gasteiger partial charge on any atom is 0.255 e. The van der Waals surface area contributed by atoms with E-state index in [1.165, 1.54) is 19.3 Å². The number of phenolic OH excluding ortho intramolecular Hbond substituents is 1. The number of nitrogens with zero attached hydrogens (tertiary/aromatic N) is 2. The van der Waals surface area contributed by atoms with Gasteiger partial charge in [0.05, 0.1) is 17.3 Å². The van der Waals surface area contributed by atoms with Gasteiger partial charge in [-0.25, -0.2) is 0 Å². The SMILES string of the molecule is O=C(Nc1ccc(N2CCN(CCO)CC2)c(Cl)c1)c1ccc(O)c(C2CCCCC2)c1. The van der Waals surface area contributed by atoms with Crippen molar-refractivity contribution in [2.45, 2.75) is 38.0 Å². The number of carbonyl (C=O) groups excluding carboxylic acids is 1. The third kappa shape index (κ3) is 5.37. The number of amides is 1. The van der Waals surface area contributed by atoms with E-state index in [-0.39, 0.29) is 18.3 Å². The van der Waals surface area contributed by atoms with Crippen LogP contribution in [0, 0.1) is 0 Å². The third-order valence-corrected chi connectivity index (χ3v) is 6.97. The number of anilines is 2. The molecule has 0 aromatic heterocycles. The van der Waals surface area contributed by atoms with E-state index in [0.29, 0.717) is 28.7 Å². The Morgan fingerprint density at radius 3 is 2.47 bits per heavy atom. The summed E-state index contributed by atoms with van der Waals surface area (Å²) in [6.45, 7) is 4.36. The van der Waals surface area contributed by atoms with E-state index in [9.17, 15) is 9.90 Å². The quantitative estimate of drug-likeness (QED) is 0.597. The summed E-state index contributed by atoms with van der Waals surface area (Å²) < 4.78 is 0. The van der Waals surface area contributed by atoms with E-state index in [0.717, 1.165) is 50.3 Å². The number of hydrogen-bond acceptors (Lipinski definition) is 5. The smallest absolute Gasteiger partial charge is 0.255 e. The van der Waals surface area contributed by atoms with Crippen LogP contribution in [0.1, 0.15) is 53.9 Å². The molecule has 4 rings (SSSR count). The summed E-state index contributed by atoms with van der Waals surface area (Å²) >= 11 is 6.56. The van der Waals surface area contributed by atoms with E-state index in [1.54, 1.807) is 18.2 Å². The highest BCUT2D eigenvalue weighted by atomic mass is 35.5. The fourth-order valence-electron chi connectivity index (χ4n) is 4.83. The van der Waals surface area contributed by atoms with Crippen LogP contribution in [0.4, 0.5) is 11.4 Å². The first kappa shape index (κ1) is 22.9. The maximum atomic E-state index is 12.9. The van der Waals surface area contributed by atoms with Gasteiger partial charge in [-0.2, -0.15) is 0 Å². The number of aliphatic hydroxyl groups is 1. The molecule has 6 nitrogen and oxygen atoms in total. The molecule has 0 atom stereocenters. The van der Waals surface area contributed by atoms with Gasteiger partial charge in [-0.1, -0.05) is 30.9 Å². The normalized spacial score (nSPS) is 18.0. The van der Waals surface area contributed by atoms with Gasteiger partial charge >= 0.3 is 0 Å². The predicted molar refractivity (Wildman–Crippen MR) is 129 cm³/mol. The minimum absolute atomic E-state index is 0.179. The van der Waals surface area contributed by atoms with Gasteiger partial charge in [-0.15, -0.1) is 0 Å². The summed E-state index contributed by atoms with van der Waals surface area (Å²) in [5, 5.41) is 23.0. The van der Waals surface area contributed by atoms with E-state index < -0.39 is 0 Å². The number of piperazine rings is 1. The number of nitrogens with one attached hydrogen (secondary N) is 1. The highest BCUT2D eigenvalue weighted by Gasteiger charge is 2.21. The Labute approximate surface area is 194 Å². The molecular weight excluding hydrogens is 426 g/mol. The number of halogens is 1. The number of β-amino-alcohol motifs (C(OH)–C–C–N with tert-alkyl or cyclic N) is 1. The van der Waals surface area contributed by atoms with E-state index >= 15 is 0 Å². The predicted octanol–water partition coefficient (Wildman–Crippen LogP) is 4.46. The molecule has 172 valence electrons. The van der Waals surface area contributed by atoms with Crippen molar-refractivity contribution in [1.29, 1.82) is 0 Å². The fraction of sp³-hybridized carbons (Fsp3) is 0.480. The average Bonchev–Trinajstić information content (AvgIpc) is 2.81. The van der Waals surface area contributed by atoms with Crippen LogP contribution in [-0.2, 0) is 0 Å². The first-order valence-electron chi connectivity index (χ1n) is 11.6. The Balaban J connectivity index is 1.42. The van der Waals surface area contributed by atoms with Crippen LogP contribution in [0.5, 0.6) is 5.75 Å². The first-order chi connectivity index (χ1) is 15.5. The van der Waals surface area contributed by atoms with Crippen LogP contribution in [0.3, 0.4) is 0 Å². The minimum Gasteiger partial charge on any atom is -0.508 e. The number of carbonyl (C=O) groups is 1. The van der Waals surface area contributed by atoms with Crippen molar-refractivity contribution in [3.8, 4) is 5.75 Å². The Bertz CT molecular complexity index is 938. The second kappa shape index (κ2) is 10.6. The zero-order valence-corrected chi connectivity index (χ0v) is 19.2. The zero-order chi connectivity index (χ0) is 22.5. The molecule has 1 aliphatic carbocycles. The van der Waals surface area contributed by atoms with Crippen molar-refractivity contribution in [2.24, 2.45) is 0 Å². The lowest BCUT2D eigenvalue weighted by Crippen LogP contribution is -2.47. The Morgan fingerprint density at radius 2 is 1.78 bits per heavy atom. The Hall–Kier alpha value is -2.28. The van der Waals surface area contributed by atoms with Gasteiger partial charge in [0, 0.05) is 44.0 Å². The lowest BCUT2D eigenvalue weighted by atomic mass is 9.83. The molecule has 1 saturated carbocycles. The number of phenols is 1. The summed E-state index contributed by atoms with van der Waals surface area (Å²) in [6, 6.07) is 10.7. The molecule has 1 heterocycles. The van der Waals surface area contributed by atoms with Crippen molar-refractivity contribution in [1.82, 2.24) is 4.90 Å². The van der Waals surface area contributed by atoms with Gasteiger partial charge in [0.25, 0.3) is 5.91 Å². The molecule has 2 aliphatic rings.